The summed E-state index contributed by atoms with van der Waals surface area (Å²) in [5.74, 6) is 2.03. The molecule has 0 spiro atoms. The van der Waals surface area contributed by atoms with Gasteiger partial charge in [0.1, 0.15) is 23.9 Å². The van der Waals surface area contributed by atoms with Gasteiger partial charge >= 0.3 is 5.97 Å². The van der Waals surface area contributed by atoms with Gasteiger partial charge in [0, 0.05) is 11.1 Å². The summed E-state index contributed by atoms with van der Waals surface area (Å²) >= 11 is 0. The second kappa shape index (κ2) is 7.61. The van der Waals surface area contributed by atoms with Crippen LogP contribution in [0.1, 0.15) is 48.9 Å². The lowest BCUT2D eigenvalue weighted by molar-refractivity contribution is -0.0848. The van der Waals surface area contributed by atoms with Crippen molar-refractivity contribution in [2.75, 3.05) is 11.9 Å². The van der Waals surface area contributed by atoms with Gasteiger partial charge in [0.05, 0.1) is 12.2 Å². The summed E-state index contributed by atoms with van der Waals surface area (Å²) in [6.45, 7) is 0.476. The van der Waals surface area contributed by atoms with Crippen molar-refractivity contribution in [2.24, 2.45) is 23.2 Å². The molecule has 146 valence electrons. The first-order valence-electron chi connectivity index (χ1n) is 10.0. The van der Waals surface area contributed by atoms with Crippen LogP contribution in [0.3, 0.4) is 0 Å². The Hall–Kier alpha value is -3.30. The van der Waals surface area contributed by atoms with E-state index in [1.54, 1.807) is 36.4 Å². The van der Waals surface area contributed by atoms with Crippen molar-refractivity contribution in [3.8, 4) is 18.2 Å². The van der Waals surface area contributed by atoms with Crippen molar-refractivity contribution in [3.63, 3.8) is 0 Å². The van der Waals surface area contributed by atoms with Gasteiger partial charge in [0.25, 0.3) is 0 Å². The molecule has 0 atom stereocenters. The molecule has 5 rings (SSSR count). The highest BCUT2D eigenvalue weighted by molar-refractivity contribution is 5.90. The fraction of sp³-hybridized carbons (Fsp3) is 0.478. The van der Waals surface area contributed by atoms with Gasteiger partial charge in [-0.05, 0) is 74.5 Å². The van der Waals surface area contributed by atoms with Crippen LogP contribution in [0.25, 0.3) is 0 Å². The van der Waals surface area contributed by atoms with E-state index in [9.17, 15) is 10.1 Å². The highest BCUT2D eigenvalue weighted by Gasteiger charge is 2.51. The number of carbonyl (C=O) groups is 1. The van der Waals surface area contributed by atoms with Crippen LogP contribution in [-0.4, -0.2) is 12.6 Å². The number of nitrogens with zero attached hydrogens (tertiary/aromatic N) is 3. The molecule has 4 bridgehead atoms. The predicted octanol–water partition coefficient (Wildman–Crippen LogP) is 4.30. The molecule has 0 aliphatic heterocycles. The first kappa shape index (κ1) is 19.0. The second-order valence-corrected chi connectivity index (χ2v) is 8.78. The van der Waals surface area contributed by atoms with E-state index in [1.165, 1.54) is 38.5 Å². The third-order valence-corrected chi connectivity index (χ3v) is 6.63. The topological polar surface area (TPSA) is 110 Å². The van der Waals surface area contributed by atoms with E-state index < -0.39 is 0 Å². The number of hydrogen-bond donors (Lipinski definition) is 1. The molecule has 1 N–H and O–H groups in total. The molecule has 0 heterocycles. The van der Waals surface area contributed by atoms with E-state index in [0.717, 1.165) is 17.8 Å². The van der Waals surface area contributed by atoms with E-state index >= 15 is 0 Å². The predicted molar refractivity (Wildman–Crippen MR) is 105 cm³/mol. The Bertz CT molecular complexity index is 938. The Morgan fingerprint density at radius 2 is 1.66 bits per heavy atom. The zero-order valence-corrected chi connectivity index (χ0v) is 16.1. The monoisotopic (exact) mass is 386 g/mol. The Morgan fingerprint density at radius 1 is 1.03 bits per heavy atom. The van der Waals surface area contributed by atoms with Crippen molar-refractivity contribution >= 4 is 11.7 Å². The molecule has 1 aromatic carbocycles. The number of ether oxygens (including phenoxy) is 1. The van der Waals surface area contributed by atoms with Crippen LogP contribution in [0.4, 0.5) is 5.69 Å². The Kier molecular flexibility index (Phi) is 4.99. The number of carbonyl (C=O) groups excluding carboxylic acids is 1. The number of anilines is 1. The lowest BCUT2D eigenvalue weighted by atomic mass is 9.50. The zero-order chi connectivity index (χ0) is 20.4. The molecule has 4 fully saturated rings. The number of benzene rings is 1. The molecule has 0 saturated heterocycles. The van der Waals surface area contributed by atoms with Crippen molar-refractivity contribution in [3.05, 3.63) is 41.1 Å². The summed E-state index contributed by atoms with van der Waals surface area (Å²) in [5.41, 5.74) is 0.545. The van der Waals surface area contributed by atoms with Crippen LogP contribution in [0.5, 0.6) is 0 Å². The number of allylic oxidation sites excluding steroid dienone is 2. The summed E-state index contributed by atoms with van der Waals surface area (Å²) in [6.07, 6.45) is 7.58. The van der Waals surface area contributed by atoms with Crippen LogP contribution in [0, 0.1) is 57.2 Å². The van der Waals surface area contributed by atoms with Crippen LogP contribution >= 0.6 is 0 Å². The summed E-state index contributed by atoms with van der Waals surface area (Å²) in [4.78, 5) is 12.7. The van der Waals surface area contributed by atoms with Gasteiger partial charge in [-0.1, -0.05) is 6.07 Å². The number of nitriles is 3. The van der Waals surface area contributed by atoms with Crippen molar-refractivity contribution in [2.45, 2.75) is 38.5 Å². The molecule has 0 radical (unpaired) electrons. The van der Waals surface area contributed by atoms with Crippen LogP contribution in [-0.2, 0) is 4.74 Å². The molecule has 6 nitrogen and oxygen atoms in total. The molecular formula is C23H22N4O2. The normalized spacial score (nSPS) is 28.5. The Balaban J connectivity index is 1.43. The molecule has 4 aliphatic rings. The molecule has 0 unspecified atom stereocenters. The molecule has 4 aliphatic carbocycles. The highest BCUT2D eigenvalue weighted by atomic mass is 16.5. The molecule has 6 heteroatoms. The maximum Gasteiger partial charge on any atom is 0.338 e. The van der Waals surface area contributed by atoms with Crippen molar-refractivity contribution < 1.29 is 9.53 Å². The van der Waals surface area contributed by atoms with E-state index in [4.69, 9.17) is 15.3 Å². The SMILES string of the molecule is N#CC(C#N)=C(C#N)Nc1cccc(C(=O)OCC23CC4CC(CC(C4)C2)C3)c1. The molecule has 1 aromatic rings. The minimum Gasteiger partial charge on any atom is -0.462 e. The largest absolute Gasteiger partial charge is 0.462 e. The van der Waals surface area contributed by atoms with Gasteiger partial charge in [-0.25, -0.2) is 4.79 Å². The minimum absolute atomic E-state index is 0.144. The van der Waals surface area contributed by atoms with E-state index in [0.29, 0.717) is 17.9 Å². The van der Waals surface area contributed by atoms with E-state index in [-0.39, 0.29) is 22.7 Å². The van der Waals surface area contributed by atoms with E-state index in [2.05, 4.69) is 5.32 Å². The van der Waals surface area contributed by atoms with Gasteiger partial charge in [-0.15, -0.1) is 0 Å². The molecular weight excluding hydrogens is 364 g/mol. The average molecular weight is 386 g/mol. The summed E-state index contributed by atoms with van der Waals surface area (Å²) in [7, 11) is 0. The molecule has 29 heavy (non-hydrogen) atoms. The first-order chi connectivity index (χ1) is 14.0. The average Bonchev–Trinajstić information content (AvgIpc) is 2.71. The quantitative estimate of drug-likeness (QED) is 0.597. The maximum atomic E-state index is 12.7. The standard InChI is InChI=1S/C23H22N4O2/c24-11-19(12-25)21(13-26)27-20-3-1-2-18(7-20)22(28)29-14-23-8-15-4-16(9-23)6-17(5-15)10-23/h1-3,7,15-17,27H,4-6,8-10,14H2. The van der Waals surface area contributed by atoms with Gasteiger partial charge in [-0.3, -0.25) is 0 Å². The fourth-order valence-electron chi connectivity index (χ4n) is 5.92. The highest BCUT2D eigenvalue weighted by Crippen LogP contribution is 2.60. The number of nitrogens with one attached hydrogen (secondary N) is 1. The molecule has 0 amide bonds. The molecule has 4 saturated carbocycles. The van der Waals surface area contributed by atoms with Crippen molar-refractivity contribution in [1.29, 1.82) is 15.8 Å². The maximum absolute atomic E-state index is 12.7. The van der Waals surface area contributed by atoms with Crippen LogP contribution in [0.2, 0.25) is 0 Å². The number of rotatable bonds is 5. The van der Waals surface area contributed by atoms with E-state index in [1.807, 2.05) is 6.07 Å². The number of hydrogen-bond acceptors (Lipinski definition) is 6. The third-order valence-electron chi connectivity index (χ3n) is 6.63. The Morgan fingerprint density at radius 3 is 2.21 bits per heavy atom. The number of esters is 1. The lowest BCUT2D eigenvalue weighted by Crippen LogP contribution is -2.48. The van der Waals surface area contributed by atoms with Crippen LogP contribution in [0.15, 0.2) is 35.5 Å². The summed E-state index contributed by atoms with van der Waals surface area (Å²) < 4.78 is 5.74. The first-order valence-corrected chi connectivity index (χ1v) is 10.0. The smallest absolute Gasteiger partial charge is 0.338 e. The fourth-order valence-corrected chi connectivity index (χ4v) is 5.92. The molecule has 0 aromatic heterocycles. The summed E-state index contributed by atoms with van der Waals surface area (Å²) in [6, 6.07) is 11.8. The van der Waals surface area contributed by atoms with Crippen LogP contribution < -0.4 is 5.32 Å². The van der Waals surface area contributed by atoms with Gasteiger partial charge in [-0.2, -0.15) is 15.8 Å². The van der Waals surface area contributed by atoms with Gasteiger partial charge in [0.2, 0.25) is 0 Å². The second-order valence-electron chi connectivity index (χ2n) is 8.78. The third kappa shape index (κ3) is 3.82. The Labute approximate surface area is 170 Å². The lowest BCUT2D eigenvalue weighted by Gasteiger charge is -2.56. The van der Waals surface area contributed by atoms with Gasteiger partial charge in [0.15, 0.2) is 5.57 Å². The summed E-state index contributed by atoms with van der Waals surface area (Å²) in [5, 5.41) is 29.8. The van der Waals surface area contributed by atoms with Crippen molar-refractivity contribution in [1.82, 2.24) is 0 Å². The zero-order valence-electron chi connectivity index (χ0n) is 16.1. The van der Waals surface area contributed by atoms with Gasteiger partial charge < -0.3 is 10.1 Å². The minimum atomic E-state index is -0.382.